The first-order valence-electron chi connectivity index (χ1n) is 13.4. The molecule has 1 atom stereocenters. The van der Waals surface area contributed by atoms with Gasteiger partial charge in [0.1, 0.15) is 5.75 Å². The summed E-state index contributed by atoms with van der Waals surface area (Å²) in [6, 6.07) is 11.1. The average molecular weight is 545 g/mol. The third kappa shape index (κ3) is 6.36. The first-order valence-corrected chi connectivity index (χ1v) is 14.2. The maximum Gasteiger partial charge on any atom is 0.255 e. The minimum Gasteiger partial charge on any atom is -0.461 e. The molecule has 1 amide bonds. The standard InChI is InChI=1S/C28H37FN4O4S/c1-20-18-33(13-15-36-20)25-16-21(2-5-26(25)37-19-29)27(35)31-23-4-3-22(38-30-10-14-34)17-24(23)32-11-8-28(6-7-28)9-12-32/h2-5,16-17,20,30,34H,6-15,18-19H2,1H3,(H,31,35)/t20-/m0/s1. The van der Waals surface area contributed by atoms with Gasteiger partial charge in [-0.1, -0.05) is 0 Å². The van der Waals surface area contributed by atoms with E-state index in [1.54, 1.807) is 18.2 Å². The molecule has 2 heterocycles. The lowest BCUT2D eigenvalue weighted by Crippen LogP contribution is -2.41. The zero-order chi connectivity index (χ0) is 26.5. The summed E-state index contributed by atoms with van der Waals surface area (Å²) in [5.74, 6) is 0.188. The molecule has 3 N–H and O–H groups in total. The number of alkyl halides is 1. The van der Waals surface area contributed by atoms with E-state index in [0.717, 1.165) is 29.4 Å². The minimum atomic E-state index is -0.934. The number of nitrogens with zero attached hydrogens (tertiary/aromatic N) is 2. The smallest absolute Gasteiger partial charge is 0.255 e. The summed E-state index contributed by atoms with van der Waals surface area (Å²) in [6.07, 6.45) is 5.05. The van der Waals surface area contributed by atoms with Crippen molar-refractivity contribution in [1.29, 1.82) is 0 Å². The van der Waals surface area contributed by atoms with Crippen molar-refractivity contribution >= 4 is 34.9 Å². The maximum atomic E-state index is 13.5. The zero-order valence-electron chi connectivity index (χ0n) is 21.9. The van der Waals surface area contributed by atoms with Gasteiger partial charge in [-0.3, -0.25) is 9.52 Å². The molecule has 1 aliphatic carbocycles. The number of amides is 1. The Bertz CT molecular complexity index is 1120. The number of aliphatic hydroxyl groups is 1. The summed E-state index contributed by atoms with van der Waals surface area (Å²) in [7, 11) is 0. The molecule has 0 aromatic heterocycles. The molecule has 2 aromatic carbocycles. The van der Waals surface area contributed by atoms with E-state index >= 15 is 0 Å². The quantitative estimate of drug-likeness (QED) is 0.299. The number of benzene rings is 2. The van der Waals surface area contributed by atoms with E-state index < -0.39 is 6.86 Å². The van der Waals surface area contributed by atoms with Crippen molar-refractivity contribution in [2.45, 2.75) is 43.6 Å². The van der Waals surface area contributed by atoms with E-state index in [0.29, 0.717) is 48.7 Å². The van der Waals surface area contributed by atoms with Crippen molar-refractivity contribution in [3.8, 4) is 5.75 Å². The van der Waals surface area contributed by atoms with E-state index in [9.17, 15) is 9.18 Å². The van der Waals surface area contributed by atoms with Crippen LogP contribution in [0.25, 0.3) is 0 Å². The lowest BCUT2D eigenvalue weighted by molar-refractivity contribution is 0.0529. The number of morpholine rings is 1. The van der Waals surface area contributed by atoms with Gasteiger partial charge in [-0.05, 0) is 86.4 Å². The van der Waals surface area contributed by atoms with Crippen LogP contribution in [0.4, 0.5) is 21.5 Å². The molecule has 0 radical (unpaired) electrons. The van der Waals surface area contributed by atoms with Crippen molar-refractivity contribution < 1.29 is 23.8 Å². The van der Waals surface area contributed by atoms with Gasteiger partial charge in [0, 0.05) is 43.2 Å². The van der Waals surface area contributed by atoms with Gasteiger partial charge < -0.3 is 29.7 Å². The van der Waals surface area contributed by atoms with Gasteiger partial charge in [-0.15, -0.1) is 0 Å². The van der Waals surface area contributed by atoms with E-state index in [1.165, 1.54) is 37.6 Å². The lowest BCUT2D eigenvalue weighted by atomic mass is 9.93. The Balaban J connectivity index is 1.37. The van der Waals surface area contributed by atoms with Gasteiger partial charge in [0.2, 0.25) is 6.86 Å². The molecule has 0 unspecified atom stereocenters. The van der Waals surface area contributed by atoms with Crippen molar-refractivity contribution in [3.05, 3.63) is 42.0 Å². The highest BCUT2D eigenvalue weighted by Gasteiger charge is 2.44. The first kappa shape index (κ1) is 27.1. The summed E-state index contributed by atoms with van der Waals surface area (Å²) in [4.78, 5) is 19.0. The molecule has 0 bridgehead atoms. The zero-order valence-corrected chi connectivity index (χ0v) is 22.7. The number of hydrogen-bond acceptors (Lipinski definition) is 8. The van der Waals surface area contributed by atoms with Gasteiger partial charge in [-0.25, -0.2) is 4.39 Å². The summed E-state index contributed by atoms with van der Waals surface area (Å²) in [5.41, 5.74) is 3.49. The Morgan fingerprint density at radius 2 is 1.95 bits per heavy atom. The Morgan fingerprint density at radius 3 is 2.66 bits per heavy atom. The molecule has 2 aromatic rings. The highest BCUT2D eigenvalue weighted by atomic mass is 32.2. The molecule has 1 spiro atoms. The van der Waals surface area contributed by atoms with Gasteiger partial charge in [0.25, 0.3) is 5.91 Å². The fraction of sp³-hybridized carbons (Fsp3) is 0.536. The van der Waals surface area contributed by atoms with Crippen LogP contribution in [0.1, 0.15) is 43.0 Å². The average Bonchev–Trinajstić information content (AvgIpc) is 3.69. The van der Waals surface area contributed by atoms with Gasteiger partial charge in [0.05, 0.1) is 36.4 Å². The molecule has 10 heteroatoms. The summed E-state index contributed by atoms with van der Waals surface area (Å²) in [6.45, 7) is 5.40. The van der Waals surface area contributed by atoms with E-state index in [-0.39, 0.29) is 18.6 Å². The van der Waals surface area contributed by atoms with Crippen LogP contribution in [0.3, 0.4) is 0 Å². The van der Waals surface area contributed by atoms with Gasteiger partial charge in [0.15, 0.2) is 0 Å². The summed E-state index contributed by atoms with van der Waals surface area (Å²) in [5, 5.41) is 12.2. The molecule has 2 saturated heterocycles. The number of anilines is 3. The van der Waals surface area contributed by atoms with Crippen LogP contribution >= 0.6 is 11.9 Å². The molecule has 3 fully saturated rings. The summed E-state index contributed by atoms with van der Waals surface area (Å²) < 4.78 is 27.1. The molecular weight excluding hydrogens is 507 g/mol. The SMILES string of the molecule is C[C@H]1CN(c2cc(C(=O)Nc3ccc(SNCCO)cc3N3CCC4(CC3)CC4)ccc2OCF)CCO1. The topological polar surface area (TPSA) is 86.3 Å². The molecule has 2 aliphatic heterocycles. The van der Waals surface area contributed by atoms with E-state index in [1.807, 2.05) is 19.1 Å². The number of halogens is 1. The third-order valence-electron chi connectivity index (χ3n) is 7.76. The predicted octanol–water partition coefficient (Wildman–Crippen LogP) is 4.44. The van der Waals surface area contributed by atoms with Crippen LogP contribution in [0, 0.1) is 5.41 Å². The van der Waals surface area contributed by atoms with E-state index in [2.05, 4.69) is 25.9 Å². The molecule has 8 nitrogen and oxygen atoms in total. The van der Waals surface area contributed by atoms with Crippen molar-refractivity contribution in [2.75, 3.05) is 67.9 Å². The van der Waals surface area contributed by atoms with Crippen LogP contribution in [0.5, 0.6) is 5.75 Å². The monoisotopic (exact) mass is 544 g/mol. The largest absolute Gasteiger partial charge is 0.461 e. The number of carbonyl (C=O) groups is 1. The van der Waals surface area contributed by atoms with Crippen LogP contribution in [-0.2, 0) is 4.74 Å². The molecule has 206 valence electrons. The number of ether oxygens (including phenoxy) is 2. The number of carbonyl (C=O) groups excluding carboxylic acids is 1. The molecule has 5 rings (SSSR count). The second-order valence-electron chi connectivity index (χ2n) is 10.4. The number of aliphatic hydroxyl groups excluding tert-OH is 1. The molecule has 3 aliphatic rings. The predicted molar refractivity (Wildman–Crippen MR) is 149 cm³/mol. The normalized spacial score (nSPS) is 20.4. The summed E-state index contributed by atoms with van der Waals surface area (Å²) >= 11 is 1.47. The Labute approximate surface area is 228 Å². The van der Waals surface area contributed by atoms with Gasteiger partial charge >= 0.3 is 0 Å². The highest BCUT2D eigenvalue weighted by Crippen LogP contribution is 2.54. The minimum absolute atomic E-state index is 0.0320. The van der Waals surface area contributed by atoms with Crippen LogP contribution in [0.15, 0.2) is 41.3 Å². The maximum absolute atomic E-state index is 13.5. The number of hydrogen-bond donors (Lipinski definition) is 3. The second kappa shape index (κ2) is 12.1. The first-order chi connectivity index (χ1) is 18.5. The second-order valence-corrected chi connectivity index (χ2v) is 11.4. The highest BCUT2D eigenvalue weighted by molar-refractivity contribution is 7.97. The molecule has 1 saturated carbocycles. The Kier molecular flexibility index (Phi) is 8.62. The van der Waals surface area contributed by atoms with Gasteiger partial charge in [-0.2, -0.15) is 0 Å². The fourth-order valence-corrected chi connectivity index (χ4v) is 6.01. The van der Waals surface area contributed by atoms with E-state index in [4.69, 9.17) is 14.6 Å². The van der Waals surface area contributed by atoms with Crippen LogP contribution in [0.2, 0.25) is 0 Å². The van der Waals surface area contributed by atoms with Crippen LogP contribution in [-0.4, -0.2) is 69.9 Å². The third-order valence-corrected chi connectivity index (χ3v) is 8.59. The van der Waals surface area contributed by atoms with Crippen molar-refractivity contribution in [2.24, 2.45) is 5.41 Å². The number of piperidine rings is 1. The number of rotatable bonds is 10. The Morgan fingerprint density at radius 1 is 1.13 bits per heavy atom. The van der Waals surface area contributed by atoms with Crippen molar-refractivity contribution in [3.63, 3.8) is 0 Å². The Hall–Kier alpha value is -2.53. The lowest BCUT2D eigenvalue weighted by Gasteiger charge is -2.35. The molecular formula is C28H37FN4O4S. The molecule has 38 heavy (non-hydrogen) atoms. The van der Waals surface area contributed by atoms with Crippen molar-refractivity contribution in [1.82, 2.24) is 4.72 Å². The fourth-order valence-electron chi connectivity index (χ4n) is 5.34. The van der Waals surface area contributed by atoms with Crippen LogP contribution < -0.4 is 24.6 Å². The number of nitrogens with one attached hydrogen (secondary N) is 2.